The van der Waals surface area contributed by atoms with E-state index in [1.807, 2.05) is 0 Å². The van der Waals surface area contributed by atoms with Crippen LogP contribution in [0.25, 0.3) is 0 Å². The summed E-state index contributed by atoms with van der Waals surface area (Å²) in [4.78, 5) is 26.4. The lowest BCUT2D eigenvalue weighted by Gasteiger charge is -2.40. The number of nitrogens with one attached hydrogen (secondary N) is 1. The molecule has 8 heteroatoms. The molecule has 132 valence electrons. The van der Waals surface area contributed by atoms with Crippen LogP contribution in [0.3, 0.4) is 0 Å². The molecule has 1 aromatic carbocycles. The van der Waals surface area contributed by atoms with Gasteiger partial charge in [-0.15, -0.1) is 5.10 Å². The van der Waals surface area contributed by atoms with Crippen LogP contribution in [0.15, 0.2) is 24.3 Å². The number of aromatic nitrogens is 3. The summed E-state index contributed by atoms with van der Waals surface area (Å²) in [6.45, 7) is 6.39. The normalized spacial score (nSPS) is 16.6. The minimum atomic E-state index is -0.942. The van der Waals surface area contributed by atoms with Gasteiger partial charge in [-0.05, 0) is 38.5 Å². The molecule has 1 N–H and O–H groups in total. The van der Waals surface area contributed by atoms with Crippen molar-refractivity contribution in [1.29, 1.82) is 0 Å². The Hall–Kier alpha value is -2.77. The fourth-order valence-electron chi connectivity index (χ4n) is 2.85. The molecular formula is C17H20FN5O2. The van der Waals surface area contributed by atoms with Crippen molar-refractivity contribution >= 4 is 11.8 Å². The summed E-state index contributed by atoms with van der Waals surface area (Å²) >= 11 is 0. The molecule has 1 aliphatic rings. The first-order valence-corrected chi connectivity index (χ1v) is 8.05. The molecule has 25 heavy (non-hydrogen) atoms. The zero-order chi connectivity index (χ0) is 18.2. The standard InChI is InChI=1S/C17H20FN5O2/c1-11-14(15(24)22-9-8-19-16(25)17(22,2)3)20-21-23(11)10-12-4-6-13(18)7-5-12/h4-7H,8-10H2,1-3H3,(H,19,25). The van der Waals surface area contributed by atoms with Crippen LogP contribution in [-0.2, 0) is 11.3 Å². The minimum Gasteiger partial charge on any atom is -0.352 e. The number of piperazine rings is 1. The van der Waals surface area contributed by atoms with Crippen LogP contribution in [0, 0.1) is 12.7 Å². The zero-order valence-electron chi connectivity index (χ0n) is 14.4. The van der Waals surface area contributed by atoms with Gasteiger partial charge in [0.1, 0.15) is 11.4 Å². The van der Waals surface area contributed by atoms with Crippen molar-refractivity contribution in [3.63, 3.8) is 0 Å². The Morgan fingerprint density at radius 2 is 2.00 bits per heavy atom. The van der Waals surface area contributed by atoms with Crippen molar-refractivity contribution in [3.05, 3.63) is 47.0 Å². The SMILES string of the molecule is Cc1c(C(=O)N2CCNC(=O)C2(C)C)nnn1Cc1ccc(F)cc1. The zero-order valence-corrected chi connectivity index (χ0v) is 14.4. The summed E-state index contributed by atoms with van der Waals surface area (Å²) in [5, 5.41) is 10.8. The Kier molecular flexibility index (Phi) is 4.28. The van der Waals surface area contributed by atoms with Crippen LogP contribution in [0.5, 0.6) is 0 Å². The van der Waals surface area contributed by atoms with Gasteiger partial charge in [-0.3, -0.25) is 9.59 Å². The van der Waals surface area contributed by atoms with Gasteiger partial charge in [-0.25, -0.2) is 9.07 Å². The second-order valence-electron chi connectivity index (χ2n) is 6.58. The summed E-state index contributed by atoms with van der Waals surface area (Å²) in [5.41, 5.74) is 0.745. The lowest BCUT2D eigenvalue weighted by molar-refractivity contribution is -0.133. The van der Waals surface area contributed by atoms with Crippen LogP contribution < -0.4 is 5.32 Å². The van der Waals surface area contributed by atoms with Crippen molar-refractivity contribution in [3.8, 4) is 0 Å². The van der Waals surface area contributed by atoms with E-state index in [9.17, 15) is 14.0 Å². The van der Waals surface area contributed by atoms with Gasteiger partial charge in [0.05, 0.1) is 12.2 Å². The Bertz CT molecular complexity index is 813. The molecule has 0 aliphatic carbocycles. The van der Waals surface area contributed by atoms with Gasteiger partial charge >= 0.3 is 0 Å². The molecule has 0 unspecified atom stereocenters. The van der Waals surface area contributed by atoms with Crippen molar-refractivity contribution in [2.75, 3.05) is 13.1 Å². The fraction of sp³-hybridized carbons (Fsp3) is 0.412. The highest BCUT2D eigenvalue weighted by Crippen LogP contribution is 2.21. The number of hydrogen-bond donors (Lipinski definition) is 1. The van der Waals surface area contributed by atoms with E-state index in [2.05, 4.69) is 15.6 Å². The molecule has 1 aliphatic heterocycles. The molecule has 1 saturated heterocycles. The summed E-state index contributed by atoms with van der Waals surface area (Å²) in [5.74, 6) is -0.813. The summed E-state index contributed by atoms with van der Waals surface area (Å²) in [6, 6.07) is 6.08. The number of halogens is 1. The van der Waals surface area contributed by atoms with Gasteiger partial charge < -0.3 is 10.2 Å². The molecular weight excluding hydrogens is 325 g/mol. The molecule has 0 atom stereocenters. The molecule has 0 spiro atoms. The van der Waals surface area contributed by atoms with E-state index in [1.165, 1.54) is 17.0 Å². The summed E-state index contributed by atoms with van der Waals surface area (Å²) < 4.78 is 14.6. The van der Waals surface area contributed by atoms with E-state index in [4.69, 9.17) is 0 Å². The van der Waals surface area contributed by atoms with Crippen molar-refractivity contribution in [2.24, 2.45) is 0 Å². The molecule has 2 aromatic rings. The minimum absolute atomic E-state index is 0.191. The van der Waals surface area contributed by atoms with E-state index in [0.717, 1.165) is 5.56 Å². The third kappa shape index (κ3) is 3.11. The molecule has 7 nitrogen and oxygen atoms in total. The van der Waals surface area contributed by atoms with Crippen LogP contribution in [0.4, 0.5) is 4.39 Å². The quantitative estimate of drug-likeness (QED) is 0.904. The topological polar surface area (TPSA) is 80.1 Å². The van der Waals surface area contributed by atoms with Crippen molar-refractivity contribution in [2.45, 2.75) is 32.9 Å². The van der Waals surface area contributed by atoms with E-state index >= 15 is 0 Å². The monoisotopic (exact) mass is 345 g/mol. The van der Waals surface area contributed by atoms with E-state index in [1.54, 1.807) is 37.6 Å². The van der Waals surface area contributed by atoms with Gasteiger partial charge in [-0.1, -0.05) is 17.3 Å². The number of benzene rings is 1. The van der Waals surface area contributed by atoms with Gasteiger partial charge in [0.25, 0.3) is 5.91 Å². The molecule has 3 rings (SSSR count). The van der Waals surface area contributed by atoms with Crippen LogP contribution >= 0.6 is 0 Å². The second kappa shape index (κ2) is 6.27. The maximum Gasteiger partial charge on any atom is 0.277 e. The lowest BCUT2D eigenvalue weighted by atomic mass is 9.98. The highest BCUT2D eigenvalue weighted by Gasteiger charge is 2.41. The summed E-state index contributed by atoms with van der Waals surface area (Å²) in [7, 11) is 0. The Morgan fingerprint density at radius 3 is 2.68 bits per heavy atom. The number of carbonyl (C=O) groups excluding carboxylic acids is 2. The Morgan fingerprint density at radius 1 is 1.32 bits per heavy atom. The highest BCUT2D eigenvalue weighted by atomic mass is 19.1. The third-order valence-corrected chi connectivity index (χ3v) is 4.53. The maximum atomic E-state index is 13.0. The van der Waals surface area contributed by atoms with Crippen molar-refractivity contribution < 1.29 is 14.0 Å². The predicted octanol–water partition coefficient (Wildman–Crippen LogP) is 1.12. The molecule has 0 saturated carbocycles. The molecule has 2 amide bonds. The number of nitrogens with zero attached hydrogens (tertiary/aromatic N) is 4. The van der Waals surface area contributed by atoms with Gasteiger partial charge in [0.2, 0.25) is 5.91 Å². The average Bonchev–Trinajstić information content (AvgIpc) is 2.92. The average molecular weight is 345 g/mol. The van der Waals surface area contributed by atoms with E-state index < -0.39 is 5.54 Å². The second-order valence-corrected chi connectivity index (χ2v) is 6.58. The smallest absolute Gasteiger partial charge is 0.277 e. The van der Waals surface area contributed by atoms with E-state index in [0.29, 0.717) is 25.3 Å². The maximum absolute atomic E-state index is 13.0. The number of hydrogen-bond acceptors (Lipinski definition) is 4. The van der Waals surface area contributed by atoms with Crippen LogP contribution in [0.2, 0.25) is 0 Å². The first-order valence-electron chi connectivity index (χ1n) is 8.05. The molecule has 2 heterocycles. The van der Waals surface area contributed by atoms with Gasteiger partial charge in [-0.2, -0.15) is 0 Å². The first-order chi connectivity index (χ1) is 11.8. The number of amides is 2. The van der Waals surface area contributed by atoms with Gasteiger partial charge in [0.15, 0.2) is 5.69 Å². The third-order valence-electron chi connectivity index (χ3n) is 4.53. The molecule has 1 aromatic heterocycles. The van der Waals surface area contributed by atoms with Crippen molar-refractivity contribution in [1.82, 2.24) is 25.2 Å². The lowest BCUT2D eigenvalue weighted by Crippen LogP contribution is -2.63. The largest absolute Gasteiger partial charge is 0.352 e. The van der Waals surface area contributed by atoms with Gasteiger partial charge in [0, 0.05) is 13.1 Å². The van der Waals surface area contributed by atoms with Crippen LogP contribution in [-0.4, -0.2) is 50.3 Å². The Labute approximate surface area is 144 Å². The fourth-order valence-corrected chi connectivity index (χ4v) is 2.85. The van der Waals surface area contributed by atoms with Crippen LogP contribution in [0.1, 0.15) is 35.6 Å². The highest BCUT2D eigenvalue weighted by molar-refractivity contribution is 5.99. The number of rotatable bonds is 3. The predicted molar refractivity (Wildman–Crippen MR) is 88.4 cm³/mol. The molecule has 0 bridgehead atoms. The number of carbonyl (C=O) groups is 2. The molecule has 0 radical (unpaired) electrons. The summed E-state index contributed by atoms with van der Waals surface area (Å²) in [6.07, 6.45) is 0. The molecule has 1 fully saturated rings. The Balaban J connectivity index is 1.84. The van der Waals surface area contributed by atoms with E-state index in [-0.39, 0.29) is 23.3 Å². The first kappa shape index (κ1) is 17.1.